The number of nitro benzene ring substituents is 1. The summed E-state index contributed by atoms with van der Waals surface area (Å²) in [4.78, 5) is 20.2. The Bertz CT molecular complexity index is 1220. The molecule has 4 aromatic rings. The Kier molecular flexibility index (Phi) is 4.70. The van der Waals surface area contributed by atoms with Crippen LogP contribution in [0.3, 0.4) is 0 Å². The predicted octanol–water partition coefficient (Wildman–Crippen LogP) is 6.28. The van der Waals surface area contributed by atoms with Crippen molar-refractivity contribution in [2.24, 2.45) is 0 Å². The lowest BCUT2D eigenvalue weighted by Crippen LogP contribution is -1.97. The first-order valence-corrected chi connectivity index (χ1v) is 9.70. The highest BCUT2D eigenvalue weighted by molar-refractivity contribution is 7.17. The molecule has 8 heteroatoms. The summed E-state index contributed by atoms with van der Waals surface area (Å²) in [7, 11) is 0. The number of hydrogen-bond donors (Lipinski definition) is 1. The van der Waals surface area contributed by atoms with Crippen LogP contribution in [0.4, 0.5) is 17.2 Å². The summed E-state index contributed by atoms with van der Waals surface area (Å²) in [5.41, 5.74) is 4.91. The summed E-state index contributed by atoms with van der Waals surface area (Å²) in [6.07, 6.45) is 1.48. The number of aromatic nitrogens is 2. The molecule has 0 amide bonds. The summed E-state index contributed by atoms with van der Waals surface area (Å²) in [6, 6.07) is 10.9. The molecule has 0 saturated carbocycles. The molecule has 0 spiro atoms. The topological polar surface area (TPSA) is 81.0 Å². The van der Waals surface area contributed by atoms with Crippen LogP contribution in [0, 0.1) is 24.0 Å². The van der Waals surface area contributed by atoms with Crippen molar-refractivity contribution in [3.8, 4) is 11.1 Å². The molecule has 2 aromatic heterocycles. The number of halogens is 1. The van der Waals surface area contributed by atoms with Gasteiger partial charge in [0.2, 0.25) is 0 Å². The van der Waals surface area contributed by atoms with Gasteiger partial charge >= 0.3 is 0 Å². The number of anilines is 2. The third kappa shape index (κ3) is 3.30. The van der Waals surface area contributed by atoms with Crippen LogP contribution in [0.5, 0.6) is 0 Å². The zero-order valence-electron chi connectivity index (χ0n) is 15.1. The van der Waals surface area contributed by atoms with Crippen LogP contribution in [0.1, 0.15) is 11.1 Å². The van der Waals surface area contributed by atoms with Crippen LogP contribution < -0.4 is 5.32 Å². The molecular formula is C20H15ClN4O2S. The fourth-order valence-corrected chi connectivity index (χ4v) is 4.06. The van der Waals surface area contributed by atoms with Gasteiger partial charge in [0.05, 0.1) is 10.3 Å². The molecule has 0 aliphatic carbocycles. The number of rotatable bonds is 4. The van der Waals surface area contributed by atoms with Gasteiger partial charge in [-0.1, -0.05) is 29.8 Å². The maximum Gasteiger partial charge on any atom is 0.289 e. The van der Waals surface area contributed by atoms with Crippen LogP contribution in [0.2, 0.25) is 5.02 Å². The van der Waals surface area contributed by atoms with Gasteiger partial charge < -0.3 is 5.32 Å². The van der Waals surface area contributed by atoms with Gasteiger partial charge in [0, 0.05) is 22.7 Å². The van der Waals surface area contributed by atoms with E-state index in [1.54, 1.807) is 6.07 Å². The maximum absolute atomic E-state index is 11.2. The highest BCUT2D eigenvalue weighted by atomic mass is 35.5. The molecule has 0 atom stereocenters. The van der Waals surface area contributed by atoms with Gasteiger partial charge in [-0.05, 0) is 42.7 Å². The van der Waals surface area contributed by atoms with Gasteiger partial charge in [-0.25, -0.2) is 9.97 Å². The van der Waals surface area contributed by atoms with E-state index in [9.17, 15) is 10.1 Å². The summed E-state index contributed by atoms with van der Waals surface area (Å²) >= 11 is 7.44. The molecule has 0 aliphatic heterocycles. The second kappa shape index (κ2) is 7.18. The Balaban J connectivity index is 1.82. The van der Waals surface area contributed by atoms with Gasteiger partial charge in [0.15, 0.2) is 0 Å². The normalized spacial score (nSPS) is 11.0. The van der Waals surface area contributed by atoms with Gasteiger partial charge in [-0.2, -0.15) is 0 Å². The number of benzene rings is 2. The highest BCUT2D eigenvalue weighted by Gasteiger charge is 2.16. The molecule has 6 nitrogen and oxygen atoms in total. The van der Waals surface area contributed by atoms with E-state index < -0.39 is 4.92 Å². The van der Waals surface area contributed by atoms with E-state index in [1.807, 2.05) is 0 Å². The average molecular weight is 411 g/mol. The number of aryl methyl sites for hydroxylation is 2. The second-order valence-electron chi connectivity index (χ2n) is 6.40. The van der Waals surface area contributed by atoms with E-state index in [1.165, 1.54) is 40.9 Å². The molecule has 28 heavy (non-hydrogen) atoms. The van der Waals surface area contributed by atoms with Crippen molar-refractivity contribution < 1.29 is 4.92 Å². The van der Waals surface area contributed by atoms with Crippen LogP contribution in [-0.2, 0) is 0 Å². The maximum atomic E-state index is 11.2. The number of thiophene rings is 1. The molecular weight excluding hydrogens is 396 g/mol. The molecule has 0 unspecified atom stereocenters. The van der Waals surface area contributed by atoms with E-state index >= 15 is 0 Å². The molecule has 4 rings (SSSR count). The van der Waals surface area contributed by atoms with Crippen LogP contribution in [-0.4, -0.2) is 14.9 Å². The SMILES string of the molecule is Cc1ccc(-c2csc3ncnc(Nc4ccc(Cl)c([N+](=O)[O-])c4)c23)cc1C. The van der Waals surface area contributed by atoms with Crippen LogP contribution in [0.25, 0.3) is 21.3 Å². The molecule has 2 aromatic carbocycles. The third-order valence-corrected chi connectivity index (χ3v) is 5.80. The molecule has 0 radical (unpaired) electrons. The Morgan fingerprint density at radius 2 is 1.93 bits per heavy atom. The van der Waals surface area contributed by atoms with Gasteiger partial charge in [0.25, 0.3) is 5.69 Å². The Labute approximate surface area is 170 Å². The first-order chi connectivity index (χ1) is 13.4. The summed E-state index contributed by atoms with van der Waals surface area (Å²) in [5.74, 6) is 0.594. The lowest BCUT2D eigenvalue weighted by Gasteiger charge is -2.10. The van der Waals surface area contributed by atoms with Crippen molar-refractivity contribution in [2.45, 2.75) is 13.8 Å². The molecule has 1 N–H and O–H groups in total. The fraction of sp³-hybridized carbons (Fsp3) is 0.100. The quantitative estimate of drug-likeness (QED) is 0.316. The monoisotopic (exact) mass is 410 g/mol. The Morgan fingerprint density at radius 3 is 2.68 bits per heavy atom. The zero-order chi connectivity index (χ0) is 19.8. The first-order valence-electron chi connectivity index (χ1n) is 8.45. The lowest BCUT2D eigenvalue weighted by molar-refractivity contribution is -0.384. The van der Waals surface area contributed by atoms with E-state index in [4.69, 9.17) is 11.6 Å². The number of nitrogens with zero attached hydrogens (tertiary/aromatic N) is 3. The molecule has 0 bridgehead atoms. The van der Waals surface area contributed by atoms with Crippen molar-refractivity contribution in [3.63, 3.8) is 0 Å². The minimum absolute atomic E-state index is 0.0923. The predicted molar refractivity (Wildman–Crippen MR) is 114 cm³/mol. The summed E-state index contributed by atoms with van der Waals surface area (Å²) in [6.45, 7) is 4.16. The Morgan fingerprint density at radius 1 is 1.11 bits per heavy atom. The smallest absolute Gasteiger partial charge is 0.289 e. The molecule has 0 aliphatic rings. The average Bonchev–Trinajstić information content (AvgIpc) is 3.10. The van der Waals surface area contributed by atoms with Crippen molar-refractivity contribution in [2.75, 3.05) is 5.32 Å². The van der Waals surface area contributed by atoms with Crippen molar-refractivity contribution >= 4 is 50.3 Å². The van der Waals surface area contributed by atoms with E-state index in [-0.39, 0.29) is 10.7 Å². The largest absolute Gasteiger partial charge is 0.339 e. The van der Waals surface area contributed by atoms with Crippen molar-refractivity contribution in [1.82, 2.24) is 9.97 Å². The molecule has 0 saturated heterocycles. The minimum atomic E-state index is -0.506. The van der Waals surface area contributed by atoms with Crippen LogP contribution in [0.15, 0.2) is 48.1 Å². The summed E-state index contributed by atoms with van der Waals surface area (Å²) in [5, 5.41) is 17.4. The van der Waals surface area contributed by atoms with Crippen molar-refractivity contribution in [1.29, 1.82) is 0 Å². The number of nitrogens with one attached hydrogen (secondary N) is 1. The number of fused-ring (bicyclic) bond motifs is 1. The van der Waals surface area contributed by atoms with Crippen molar-refractivity contribution in [3.05, 3.63) is 74.4 Å². The summed E-state index contributed by atoms with van der Waals surface area (Å²) < 4.78 is 0. The van der Waals surface area contributed by atoms with E-state index in [0.29, 0.717) is 11.5 Å². The molecule has 2 heterocycles. The Hall–Kier alpha value is -3.03. The molecule has 0 fully saturated rings. The first kappa shape index (κ1) is 18.3. The zero-order valence-corrected chi connectivity index (χ0v) is 16.6. The van der Waals surface area contributed by atoms with Crippen LogP contribution >= 0.6 is 22.9 Å². The van der Waals surface area contributed by atoms with Gasteiger partial charge in [-0.15, -0.1) is 11.3 Å². The minimum Gasteiger partial charge on any atom is -0.339 e. The lowest BCUT2D eigenvalue weighted by atomic mass is 10.0. The fourth-order valence-electron chi connectivity index (χ4n) is 2.96. The van der Waals surface area contributed by atoms with Gasteiger partial charge in [-0.3, -0.25) is 10.1 Å². The van der Waals surface area contributed by atoms with E-state index in [0.717, 1.165) is 21.3 Å². The van der Waals surface area contributed by atoms with Gasteiger partial charge in [0.1, 0.15) is 22.0 Å². The number of hydrogen-bond acceptors (Lipinski definition) is 6. The molecule has 140 valence electrons. The third-order valence-electron chi connectivity index (χ3n) is 4.59. The highest BCUT2D eigenvalue weighted by Crippen LogP contribution is 2.38. The second-order valence-corrected chi connectivity index (χ2v) is 7.66. The standard InChI is InChI=1S/C20H15ClN4O2S/c1-11-3-4-13(7-12(11)2)15-9-28-20-18(15)19(22-10-23-20)24-14-5-6-16(21)17(8-14)25(26)27/h3-10H,1-2H3,(H,22,23,24). The number of nitro groups is 1. The van der Waals surface area contributed by atoms with E-state index in [2.05, 4.69) is 52.7 Å².